The molecule has 1 aromatic rings. The number of carbonyl (C=O) groups is 1. The number of carbonyl (C=O) groups excluding carboxylic acids is 1. The number of nitrogen functional groups attached to an aromatic ring is 2. The van der Waals surface area contributed by atoms with Crippen molar-refractivity contribution in [1.82, 2.24) is 0 Å². The first-order valence-electron chi connectivity index (χ1n) is 5.44. The summed E-state index contributed by atoms with van der Waals surface area (Å²) < 4.78 is 10.3. The monoisotopic (exact) mass is 238 g/mol. The molecule has 0 atom stereocenters. The Morgan fingerprint density at radius 1 is 1.18 bits per heavy atom. The highest BCUT2D eigenvalue weighted by Gasteiger charge is 2.08. The highest BCUT2D eigenvalue weighted by Crippen LogP contribution is 2.14. The largest absolute Gasteiger partial charge is 0.460 e. The van der Waals surface area contributed by atoms with Gasteiger partial charge in [-0.3, -0.25) is 0 Å². The zero-order valence-electron chi connectivity index (χ0n) is 10.1. The van der Waals surface area contributed by atoms with Crippen molar-refractivity contribution < 1.29 is 14.3 Å². The van der Waals surface area contributed by atoms with E-state index >= 15 is 0 Å². The van der Waals surface area contributed by atoms with E-state index in [9.17, 15) is 4.79 Å². The number of rotatable bonds is 5. The fourth-order valence-electron chi connectivity index (χ4n) is 1.30. The zero-order chi connectivity index (χ0) is 12.8. The fourth-order valence-corrected chi connectivity index (χ4v) is 1.30. The van der Waals surface area contributed by atoms with Crippen LogP contribution in [0.2, 0.25) is 0 Å². The predicted molar refractivity (Wildman–Crippen MR) is 66.6 cm³/mol. The molecule has 0 unspecified atom stereocenters. The number of anilines is 2. The molecule has 5 nitrogen and oxygen atoms in total. The molecule has 5 heteroatoms. The lowest BCUT2D eigenvalue weighted by molar-refractivity contribution is 0.0177. The van der Waals surface area contributed by atoms with Gasteiger partial charge in [0.15, 0.2) is 0 Å². The van der Waals surface area contributed by atoms with Crippen LogP contribution in [-0.4, -0.2) is 25.3 Å². The van der Waals surface area contributed by atoms with Gasteiger partial charge in [0.2, 0.25) is 0 Å². The highest BCUT2D eigenvalue weighted by molar-refractivity contribution is 5.91. The van der Waals surface area contributed by atoms with Crippen molar-refractivity contribution in [3.05, 3.63) is 23.8 Å². The van der Waals surface area contributed by atoms with Crippen molar-refractivity contribution in [3.8, 4) is 0 Å². The van der Waals surface area contributed by atoms with Crippen molar-refractivity contribution in [2.45, 2.75) is 20.0 Å². The number of benzene rings is 1. The Balaban J connectivity index is 2.47. The van der Waals surface area contributed by atoms with Crippen molar-refractivity contribution in [1.29, 1.82) is 0 Å². The molecule has 0 amide bonds. The first-order chi connectivity index (χ1) is 7.99. The van der Waals surface area contributed by atoms with E-state index in [-0.39, 0.29) is 12.7 Å². The molecule has 0 radical (unpaired) electrons. The molecule has 0 bridgehead atoms. The molecule has 4 N–H and O–H groups in total. The van der Waals surface area contributed by atoms with Crippen LogP contribution in [0, 0.1) is 0 Å². The third kappa shape index (κ3) is 4.74. The number of hydrogen-bond donors (Lipinski definition) is 2. The summed E-state index contributed by atoms with van der Waals surface area (Å²) in [5, 5.41) is 0. The molecular weight excluding hydrogens is 220 g/mol. The maximum absolute atomic E-state index is 11.6. The fraction of sp³-hybridized carbons (Fsp3) is 0.417. The van der Waals surface area contributed by atoms with Crippen LogP contribution in [0.4, 0.5) is 11.4 Å². The summed E-state index contributed by atoms with van der Waals surface area (Å²) in [5.41, 5.74) is 12.4. The first-order valence-corrected chi connectivity index (χ1v) is 5.44. The summed E-state index contributed by atoms with van der Waals surface area (Å²) in [6.45, 7) is 4.42. The Labute approximate surface area is 101 Å². The molecule has 0 aliphatic carbocycles. The van der Waals surface area contributed by atoms with Gasteiger partial charge in [0.05, 0.1) is 18.3 Å². The number of hydrogen-bond acceptors (Lipinski definition) is 5. The van der Waals surface area contributed by atoms with E-state index in [2.05, 4.69) is 0 Å². The minimum atomic E-state index is -0.448. The van der Waals surface area contributed by atoms with Crippen LogP contribution in [0.15, 0.2) is 18.2 Å². The van der Waals surface area contributed by atoms with Crippen LogP contribution in [-0.2, 0) is 9.47 Å². The molecular formula is C12H18N2O3. The third-order valence-electron chi connectivity index (χ3n) is 1.98. The standard InChI is InChI=1S/C12H18N2O3/c1-8(2)16-3-4-17-12(15)9-5-10(13)7-11(14)6-9/h5-8H,3-4,13-14H2,1-2H3. The second-order valence-corrected chi connectivity index (χ2v) is 3.94. The molecule has 1 rings (SSSR count). The number of nitrogens with two attached hydrogens (primary N) is 2. The maximum Gasteiger partial charge on any atom is 0.338 e. The Bertz CT molecular complexity index is 371. The van der Waals surface area contributed by atoms with Crippen LogP contribution in [0.1, 0.15) is 24.2 Å². The van der Waals surface area contributed by atoms with Gasteiger partial charge in [-0.05, 0) is 32.0 Å². The van der Waals surface area contributed by atoms with Gasteiger partial charge in [-0.1, -0.05) is 0 Å². The van der Waals surface area contributed by atoms with Crippen molar-refractivity contribution in [2.24, 2.45) is 0 Å². The molecule has 0 heterocycles. The molecule has 0 spiro atoms. The van der Waals surface area contributed by atoms with Crippen LogP contribution in [0.5, 0.6) is 0 Å². The number of ether oxygens (including phenoxy) is 2. The van der Waals surface area contributed by atoms with Gasteiger partial charge in [0.1, 0.15) is 6.61 Å². The van der Waals surface area contributed by atoms with Crippen molar-refractivity contribution >= 4 is 17.3 Å². The molecule has 0 saturated carbocycles. The number of esters is 1. The average Bonchev–Trinajstić information content (AvgIpc) is 2.22. The van der Waals surface area contributed by atoms with E-state index in [0.29, 0.717) is 23.5 Å². The van der Waals surface area contributed by atoms with E-state index in [0.717, 1.165) is 0 Å². The Hall–Kier alpha value is -1.75. The van der Waals surface area contributed by atoms with Crippen LogP contribution >= 0.6 is 0 Å². The lowest BCUT2D eigenvalue weighted by atomic mass is 10.2. The van der Waals surface area contributed by atoms with Crippen LogP contribution in [0.25, 0.3) is 0 Å². The molecule has 17 heavy (non-hydrogen) atoms. The van der Waals surface area contributed by atoms with Gasteiger partial charge in [-0.25, -0.2) is 4.79 Å². The SMILES string of the molecule is CC(C)OCCOC(=O)c1cc(N)cc(N)c1. The predicted octanol–water partition coefficient (Wildman–Crippen LogP) is 1.43. The lowest BCUT2D eigenvalue weighted by Crippen LogP contribution is -2.14. The smallest absolute Gasteiger partial charge is 0.338 e. The second kappa shape index (κ2) is 6.10. The van der Waals surface area contributed by atoms with Crippen LogP contribution < -0.4 is 11.5 Å². The van der Waals surface area contributed by atoms with Gasteiger partial charge in [-0.2, -0.15) is 0 Å². The minimum Gasteiger partial charge on any atom is -0.460 e. The average molecular weight is 238 g/mol. The molecule has 0 aliphatic rings. The summed E-state index contributed by atoms with van der Waals surface area (Å²) in [5.74, 6) is -0.448. The molecule has 0 aliphatic heterocycles. The Kier molecular flexibility index (Phi) is 4.78. The Morgan fingerprint density at radius 2 is 1.76 bits per heavy atom. The van der Waals surface area contributed by atoms with Gasteiger partial charge in [0, 0.05) is 11.4 Å². The van der Waals surface area contributed by atoms with Gasteiger partial charge in [0.25, 0.3) is 0 Å². The van der Waals surface area contributed by atoms with Gasteiger partial charge in [-0.15, -0.1) is 0 Å². The second-order valence-electron chi connectivity index (χ2n) is 3.94. The van der Waals surface area contributed by atoms with Gasteiger partial charge < -0.3 is 20.9 Å². The van der Waals surface area contributed by atoms with Gasteiger partial charge >= 0.3 is 5.97 Å². The normalized spacial score (nSPS) is 10.5. The van der Waals surface area contributed by atoms with E-state index in [1.165, 1.54) is 12.1 Å². The Morgan fingerprint density at radius 3 is 2.29 bits per heavy atom. The first kappa shape index (κ1) is 13.3. The van der Waals surface area contributed by atoms with Crippen LogP contribution in [0.3, 0.4) is 0 Å². The third-order valence-corrected chi connectivity index (χ3v) is 1.98. The molecule has 0 fully saturated rings. The minimum absolute atomic E-state index is 0.122. The topological polar surface area (TPSA) is 87.6 Å². The van der Waals surface area contributed by atoms with Crippen molar-refractivity contribution in [3.63, 3.8) is 0 Å². The summed E-state index contributed by atoms with van der Waals surface area (Å²) in [6.07, 6.45) is 0.122. The van der Waals surface area contributed by atoms with E-state index in [1.54, 1.807) is 6.07 Å². The zero-order valence-corrected chi connectivity index (χ0v) is 10.1. The lowest BCUT2D eigenvalue weighted by Gasteiger charge is -2.09. The quantitative estimate of drug-likeness (QED) is 0.460. The van der Waals surface area contributed by atoms with E-state index in [1.807, 2.05) is 13.8 Å². The highest BCUT2D eigenvalue weighted by atomic mass is 16.6. The van der Waals surface area contributed by atoms with E-state index < -0.39 is 5.97 Å². The van der Waals surface area contributed by atoms with E-state index in [4.69, 9.17) is 20.9 Å². The molecule has 0 saturated heterocycles. The molecule has 94 valence electrons. The van der Waals surface area contributed by atoms with Crippen molar-refractivity contribution in [2.75, 3.05) is 24.7 Å². The summed E-state index contributed by atoms with van der Waals surface area (Å²) in [4.78, 5) is 11.6. The summed E-state index contributed by atoms with van der Waals surface area (Å²) in [6, 6.07) is 4.64. The maximum atomic E-state index is 11.6. The molecule has 0 aromatic heterocycles. The summed E-state index contributed by atoms with van der Waals surface area (Å²) >= 11 is 0. The summed E-state index contributed by atoms with van der Waals surface area (Å²) in [7, 11) is 0. The molecule has 1 aromatic carbocycles.